The van der Waals surface area contributed by atoms with Crippen LogP contribution in [-0.4, -0.2) is 23.5 Å². The molecule has 1 fully saturated rings. The Bertz CT molecular complexity index is 484. The number of carbonyl (C=O) groups excluding carboxylic acids is 1. The minimum Gasteiger partial charge on any atom is -0.481 e. The molecule has 2 unspecified atom stereocenters. The lowest BCUT2D eigenvalue weighted by molar-refractivity contribution is -0.142. The van der Waals surface area contributed by atoms with Crippen LogP contribution in [0.2, 0.25) is 0 Å². The van der Waals surface area contributed by atoms with Gasteiger partial charge in [0.25, 0.3) is 5.91 Å². The van der Waals surface area contributed by atoms with E-state index in [0.717, 1.165) is 24.8 Å². The Morgan fingerprint density at radius 2 is 2.05 bits per heavy atom. The van der Waals surface area contributed by atoms with E-state index in [1.807, 2.05) is 25.1 Å². The summed E-state index contributed by atoms with van der Waals surface area (Å²) in [5.41, 5.74) is 1.59. The van der Waals surface area contributed by atoms with Crippen molar-refractivity contribution in [1.29, 1.82) is 0 Å². The molecule has 0 bridgehead atoms. The van der Waals surface area contributed by atoms with Gasteiger partial charge in [0.1, 0.15) is 0 Å². The minimum absolute atomic E-state index is 0.0606. The molecule has 0 saturated heterocycles. The van der Waals surface area contributed by atoms with E-state index in [0.29, 0.717) is 12.1 Å². The van der Waals surface area contributed by atoms with Crippen LogP contribution in [0.15, 0.2) is 24.3 Å². The molecular weight excluding hydrogens is 242 g/mol. The lowest BCUT2D eigenvalue weighted by atomic mass is 9.96. The van der Waals surface area contributed by atoms with Gasteiger partial charge in [0.15, 0.2) is 0 Å². The van der Waals surface area contributed by atoms with Crippen molar-refractivity contribution in [3.05, 3.63) is 35.4 Å². The highest BCUT2D eigenvalue weighted by molar-refractivity contribution is 5.95. The first-order valence-electron chi connectivity index (χ1n) is 6.66. The number of nitrogens with one attached hydrogen (secondary N) is 1. The highest BCUT2D eigenvalue weighted by Gasteiger charge is 2.32. The van der Waals surface area contributed by atoms with Crippen LogP contribution in [-0.2, 0) is 4.79 Å². The Balaban J connectivity index is 1.94. The second-order valence-corrected chi connectivity index (χ2v) is 5.16. The topological polar surface area (TPSA) is 66.4 Å². The number of carboxylic acids is 1. The Morgan fingerprint density at radius 1 is 1.32 bits per heavy atom. The van der Waals surface area contributed by atoms with Crippen molar-refractivity contribution in [2.24, 2.45) is 11.8 Å². The number of aryl methyl sites for hydroxylation is 1. The van der Waals surface area contributed by atoms with Crippen molar-refractivity contribution >= 4 is 11.9 Å². The number of benzene rings is 1. The normalized spacial score (nSPS) is 22.2. The average molecular weight is 261 g/mol. The van der Waals surface area contributed by atoms with Gasteiger partial charge in [-0.15, -0.1) is 0 Å². The molecule has 1 aromatic rings. The maximum atomic E-state index is 12.0. The van der Waals surface area contributed by atoms with E-state index in [1.54, 1.807) is 6.07 Å². The summed E-state index contributed by atoms with van der Waals surface area (Å²) in [5, 5.41) is 12.0. The molecule has 1 aliphatic rings. The maximum Gasteiger partial charge on any atom is 0.306 e. The number of rotatable bonds is 4. The van der Waals surface area contributed by atoms with E-state index in [-0.39, 0.29) is 17.7 Å². The van der Waals surface area contributed by atoms with Gasteiger partial charge in [-0.3, -0.25) is 9.59 Å². The van der Waals surface area contributed by atoms with Gasteiger partial charge in [0.05, 0.1) is 5.92 Å². The quantitative estimate of drug-likeness (QED) is 0.873. The molecule has 1 aliphatic carbocycles. The summed E-state index contributed by atoms with van der Waals surface area (Å²) in [7, 11) is 0. The first kappa shape index (κ1) is 13.6. The third kappa shape index (κ3) is 3.13. The van der Waals surface area contributed by atoms with Crippen molar-refractivity contribution in [2.45, 2.75) is 26.2 Å². The molecule has 0 aliphatic heterocycles. The van der Waals surface area contributed by atoms with Crippen LogP contribution in [0.4, 0.5) is 0 Å². The summed E-state index contributed by atoms with van der Waals surface area (Å²) in [6.45, 7) is 2.34. The molecule has 4 nitrogen and oxygen atoms in total. The summed E-state index contributed by atoms with van der Waals surface area (Å²) in [4.78, 5) is 23.1. The smallest absolute Gasteiger partial charge is 0.306 e. The average Bonchev–Trinajstić information content (AvgIpc) is 2.85. The van der Waals surface area contributed by atoms with Gasteiger partial charge in [-0.05, 0) is 37.3 Å². The van der Waals surface area contributed by atoms with Gasteiger partial charge >= 0.3 is 5.97 Å². The first-order valence-corrected chi connectivity index (χ1v) is 6.66. The van der Waals surface area contributed by atoms with Gasteiger partial charge < -0.3 is 10.4 Å². The van der Waals surface area contributed by atoms with Crippen LogP contribution in [0.5, 0.6) is 0 Å². The van der Waals surface area contributed by atoms with E-state index in [2.05, 4.69) is 5.32 Å². The second kappa shape index (κ2) is 5.87. The molecule has 2 rings (SSSR count). The van der Waals surface area contributed by atoms with Crippen molar-refractivity contribution in [1.82, 2.24) is 5.32 Å². The number of hydrogen-bond donors (Lipinski definition) is 2. The zero-order valence-corrected chi connectivity index (χ0v) is 11.1. The van der Waals surface area contributed by atoms with Gasteiger partial charge in [-0.1, -0.05) is 24.6 Å². The molecule has 2 atom stereocenters. The number of hydrogen-bond acceptors (Lipinski definition) is 2. The van der Waals surface area contributed by atoms with E-state index in [9.17, 15) is 9.59 Å². The molecular formula is C15H19NO3. The zero-order chi connectivity index (χ0) is 13.8. The minimum atomic E-state index is -0.743. The lowest BCUT2D eigenvalue weighted by Crippen LogP contribution is -2.33. The lowest BCUT2D eigenvalue weighted by Gasteiger charge is -2.16. The number of amides is 1. The van der Waals surface area contributed by atoms with Crippen LogP contribution < -0.4 is 5.32 Å². The van der Waals surface area contributed by atoms with E-state index in [1.165, 1.54) is 0 Å². The standard InChI is InChI=1S/C15H19NO3/c1-10-5-2-3-7-12(10)14(17)16-9-11-6-4-8-13(11)15(18)19/h2-3,5,7,11,13H,4,6,8-9H2,1H3,(H,16,17)(H,18,19). The summed E-state index contributed by atoms with van der Waals surface area (Å²) in [6.07, 6.45) is 2.53. The second-order valence-electron chi connectivity index (χ2n) is 5.16. The van der Waals surface area contributed by atoms with E-state index < -0.39 is 5.97 Å². The fraction of sp³-hybridized carbons (Fsp3) is 0.467. The predicted molar refractivity (Wildman–Crippen MR) is 72.0 cm³/mol. The number of carboxylic acid groups (broad SMARTS) is 1. The van der Waals surface area contributed by atoms with Crippen molar-refractivity contribution in [2.75, 3.05) is 6.54 Å². The molecule has 4 heteroatoms. The summed E-state index contributed by atoms with van der Waals surface area (Å²) in [6, 6.07) is 7.40. The Morgan fingerprint density at radius 3 is 2.74 bits per heavy atom. The summed E-state index contributed by atoms with van der Waals surface area (Å²) < 4.78 is 0. The van der Waals surface area contributed by atoms with Gasteiger partial charge in [-0.25, -0.2) is 0 Å². The molecule has 0 radical (unpaired) electrons. The van der Waals surface area contributed by atoms with E-state index in [4.69, 9.17) is 5.11 Å². The molecule has 0 heterocycles. The van der Waals surface area contributed by atoms with Crippen molar-refractivity contribution in [3.63, 3.8) is 0 Å². The molecule has 0 aromatic heterocycles. The fourth-order valence-electron chi connectivity index (χ4n) is 2.75. The number of aliphatic carboxylic acids is 1. The molecule has 1 amide bonds. The number of carbonyl (C=O) groups is 2. The van der Waals surface area contributed by atoms with Gasteiger partial charge in [0, 0.05) is 12.1 Å². The Hall–Kier alpha value is -1.84. The zero-order valence-electron chi connectivity index (χ0n) is 11.1. The monoisotopic (exact) mass is 261 g/mol. The van der Waals surface area contributed by atoms with Crippen LogP contribution in [0.1, 0.15) is 35.2 Å². The summed E-state index contributed by atoms with van der Waals surface area (Å²) in [5.74, 6) is -1.11. The molecule has 1 aromatic carbocycles. The fourth-order valence-corrected chi connectivity index (χ4v) is 2.75. The van der Waals surface area contributed by atoms with E-state index >= 15 is 0 Å². The third-order valence-corrected chi connectivity index (χ3v) is 3.89. The van der Waals surface area contributed by atoms with Gasteiger partial charge in [0.2, 0.25) is 0 Å². The van der Waals surface area contributed by atoms with Crippen LogP contribution in [0, 0.1) is 18.8 Å². The molecule has 19 heavy (non-hydrogen) atoms. The molecule has 0 spiro atoms. The third-order valence-electron chi connectivity index (χ3n) is 3.89. The Labute approximate surface area is 112 Å². The molecule has 102 valence electrons. The van der Waals surface area contributed by atoms with Crippen molar-refractivity contribution < 1.29 is 14.7 Å². The molecule has 1 saturated carbocycles. The SMILES string of the molecule is Cc1ccccc1C(=O)NCC1CCCC1C(=O)O. The van der Waals surface area contributed by atoms with Crippen LogP contribution >= 0.6 is 0 Å². The first-order chi connectivity index (χ1) is 9.09. The van der Waals surface area contributed by atoms with Crippen LogP contribution in [0.25, 0.3) is 0 Å². The maximum absolute atomic E-state index is 12.0. The van der Waals surface area contributed by atoms with Gasteiger partial charge in [-0.2, -0.15) is 0 Å². The Kier molecular flexibility index (Phi) is 4.20. The highest BCUT2D eigenvalue weighted by atomic mass is 16.4. The summed E-state index contributed by atoms with van der Waals surface area (Å²) >= 11 is 0. The molecule has 2 N–H and O–H groups in total. The predicted octanol–water partition coefficient (Wildman–Crippen LogP) is 2.23. The van der Waals surface area contributed by atoms with Crippen LogP contribution in [0.3, 0.4) is 0 Å². The van der Waals surface area contributed by atoms with Crippen molar-refractivity contribution in [3.8, 4) is 0 Å². The highest BCUT2D eigenvalue weighted by Crippen LogP contribution is 2.31. The largest absolute Gasteiger partial charge is 0.481 e.